The number of nitrogens with zero attached hydrogens (tertiary/aromatic N) is 3. The molecule has 10 heteroatoms. The maximum absolute atomic E-state index is 14.9. The molecule has 1 saturated heterocycles. The van der Waals surface area contributed by atoms with E-state index in [1.807, 2.05) is 19.9 Å². The van der Waals surface area contributed by atoms with Gasteiger partial charge >= 0.3 is 0 Å². The standard InChI is InChI=1S/C24H28F2N6OS/c1-11-5-12(2)29-24-19(11)20(28)21(34-24)23(33)30-15-3-4-18-13(6-15)7-16(26)22(31-18)32-9-14(8-25)17(27)10-32/h5,7,14-15,17H,3-4,6,8-10,27-28H2,1-2H3,(H,30,33). The number of aromatic nitrogens is 2. The van der Waals surface area contributed by atoms with Crippen LogP contribution in [0, 0.1) is 25.6 Å². The Morgan fingerprint density at radius 2 is 2.09 bits per heavy atom. The molecular weight excluding hydrogens is 458 g/mol. The molecule has 3 unspecified atom stereocenters. The average molecular weight is 487 g/mol. The lowest BCUT2D eigenvalue weighted by Gasteiger charge is -2.27. The molecule has 180 valence electrons. The van der Waals surface area contributed by atoms with E-state index in [-0.39, 0.29) is 29.7 Å². The number of carbonyl (C=O) groups excluding carboxylic acids is 1. The van der Waals surface area contributed by atoms with Crippen molar-refractivity contribution < 1.29 is 13.6 Å². The summed E-state index contributed by atoms with van der Waals surface area (Å²) in [5, 5.41) is 3.89. The number of alkyl halides is 1. The van der Waals surface area contributed by atoms with Gasteiger partial charge in [-0.3, -0.25) is 9.18 Å². The number of nitrogens with two attached hydrogens (primary N) is 2. The van der Waals surface area contributed by atoms with Gasteiger partial charge in [-0.2, -0.15) is 0 Å². The summed E-state index contributed by atoms with van der Waals surface area (Å²) in [4.78, 5) is 25.1. The smallest absolute Gasteiger partial charge is 0.263 e. The van der Waals surface area contributed by atoms with E-state index in [0.29, 0.717) is 42.9 Å². The van der Waals surface area contributed by atoms with E-state index in [4.69, 9.17) is 11.5 Å². The molecule has 0 spiro atoms. The number of anilines is 2. The van der Waals surface area contributed by atoms with Crippen LogP contribution in [0.1, 0.15) is 38.6 Å². The van der Waals surface area contributed by atoms with E-state index >= 15 is 0 Å². The lowest BCUT2D eigenvalue weighted by molar-refractivity contribution is 0.0938. The third-order valence-corrected chi connectivity index (χ3v) is 7.98. The molecule has 0 radical (unpaired) electrons. The number of fused-ring (bicyclic) bond motifs is 2. The highest BCUT2D eigenvalue weighted by atomic mass is 32.1. The minimum Gasteiger partial charge on any atom is -0.397 e. The normalized spacial score (nSPS) is 22.3. The van der Waals surface area contributed by atoms with Crippen molar-refractivity contribution in [2.24, 2.45) is 11.7 Å². The fourth-order valence-electron chi connectivity index (χ4n) is 5.09. The van der Waals surface area contributed by atoms with Gasteiger partial charge in [0.15, 0.2) is 11.6 Å². The van der Waals surface area contributed by atoms with E-state index < -0.39 is 12.5 Å². The van der Waals surface area contributed by atoms with Gasteiger partial charge in [-0.1, -0.05) is 0 Å². The van der Waals surface area contributed by atoms with Crippen molar-refractivity contribution in [1.29, 1.82) is 0 Å². The first kappa shape index (κ1) is 22.9. The Morgan fingerprint density at radius 3 is 2.82 bits per heavy atom. The molecule has 1 aliphatic carbocycles. The topological polar surface area (TPSA) is 110 Å². The van der Waals surface area contributed by atoms with Crippen LogP contribution in [-0.4, -0.2) is 47.7 Å². The first-order valence-electron chi connectivity index (χ1n) is 11.5. The van der Waals surface area contributed by atoms with Crippen LogP contribution >= 0.6 is 11.3 Å². The van der Waals surface area contributed by atoms with Crippen LogP contribution in [-0.2, 0) is 12.8 Å². The van der Waals surface area contributed by atoms with Crippen molar-refractivity contribution in [2.75, 3.05) is 30.4 Å². The molecule has 3 aromatic heterocycles. The van der Waals surface area contributed by atoms with Crippen molar-refractivity contribution >= 4 is 39.0 Å². The van der Waals surface area contributed by atoms with Crippen LogP contribution in [0.4, 0.5) is 20.3 Å². The average Bonchev–Trinajstić information content (AvgIpc) is 3.32. The number of hydrogen-bond donors (Lipinski definition) is 3. The minimum absolute atomic E-state index is 0.149. The van der Waals surface area contributed by atoms with Crippen molar-refractivity contribution in [3.05, 3.63) is 45.3 Å². The lowest BCUT2D eigenvalue weighted by atomic mass is 9.91. The molecule has 4 heterocycles. The quantitative estimate of drug-likeness (QED) is 0.523. The maximum Gasteiger partial charge on any atom is 0.263 e. The highest BCUT2D eigenvalue weighted by molar-refractivity contribution is 7.21. The largest absolute Gasteiger partial charge is 0.397 e. The van der Waals surface area contributed by atoms with Crippen LogP contribution in [0.15, 0.2) is 12.1 Å². The molecule has 5 rings (SSSR count). The van der Waals surface area contributed by atoms with E-state index in [2.05, 4.69) is 15.3 Å². The van der Waals surface area contributed by atoms with Crippen molar-refractivity contribution in [1.82, 2.24) is 15.3 Å². The zero-order valence-electron chi connectivity index (χ0n) is 19.2. The number of nitrogens with one attached hydrogen (secondary N) is 1. The van der Waals surface area contributed by atoms with Crippen LogP contribution in [0.3, 0.4) is 0 Å². The summed E-state index contributed by atoms with van der Waals surface area (Å²) >= 11 is 1.29. The van der Waals surface area contributed by atoms with Crippen LogP contribution < -0.4 is 21.7 Å². The number of halogens is 2. The zero-order chi connectivity index (χ0) is 24.1. The number of rotatable bonds is 4. The molecule has 0 aromatic carbocycles. The second-order valence-electron chi connectivity index (χ2n) is 9.40. The Labute approximate surface area is 200 Å². The van der Waals surface area contributed by atoms with Crippen molar-refractivity contribution in [3.8, 4) is 0 Å². The number of hydrogen-bond acceptors (Lipinski definition) is 7. The molecule has 3 atom stereocenters. The van der Waals surface area contributed by atoms with Gasteiger partial charge < -0.3 is 21.7 Å². The molecule has 7 nitrogen and oxygen atoms in total. The molecule has 5 N–H and O–H groups in total. The van der Waals surface area contributed by atoms with E-state index in [1.165, 1.54) is 17.4 Å². The van der Waals surface area contributed by atoms with E-state index in [9.17, 15) is 13.6 Å². The molecule has 0 bridgehead atoms. The van der Waals surface area contributed by atoms with Gasteiger partial charge in [-0.25, -0.2) is 14.4 Å². The number of amides is 1. The van der Waals surface area contributed by atoms with Gasteiger partial charge in [0.2, 0.25) is 0 Å². The summed E-state index contributed by atoms with van der Waals surface area (Å²) in [6.45, 7) is 4.11. The molecule has 34 heavy (non-hydrogen) atoms. The van der Waals surface area contributed by atoms with Crippen LogP contribution in [0.5, 0.6) is 0 Å². The molecule has 2 aliphatic rings. The Bertz CT molecular complexity index is 1280. The summed E-state index contributed by atoms with van der Waals surface area (Å²) in [7, 11) is 0. The maximum atomic E-state index is 14.9. The van der Waals surface area contributed by atoms with Gasteiger partial charge in [-0.15, -0.1) is 11.3 Å². The third kappa shape index (κ3) is 3.98. The van der Waals surface area contributed by atoms with Gasteiger partial charge in [0.25, 0.3) is 5.91 Å². The summed E-state index contributed by atoms with van der Waals surface area (Å²) < 4.78 is 28.1. The van der Waals surface area contributed by atoms with E-state index in [0.717, 1.165) is 32.7 Å². The fraction of sp³-hybridized carbons (Fsp3) is 0.458. The molecule has 0 saturated carbocycles. The fourth-order valence-corrected chi connectivity index (χ4v) is 6.21. The number of aryl methyl sites for hydroxylation is 3. The van der Waals surface area contributed by atoms with Crippen LogP contribution in [0.2, 0.25) is 0 Å². The number of nitrogen functional groups attached to an aromatic ring is 1. The Balaban J connectivity index is 1.32. The third-order valence-electron chi connectivity index (χ3n) is 6.88. The summed E-state index contributed by atoms with van der Waals surface area (Å²) in [6.07, 6.45) is 1.78. The molecular formula is C24H28F2N6OS. The first-order valence-corrected chi connectivity index (χ1v) is 12.3. The molecule has 1 amide bonds. The molecule has 1 fully saturated rings. The Kier molecular flexibility index (Phi) is 5.89. The Hall–Kier alpha value is -2.85. The van der Waals surface area contributed by atoms with Crippen LogP contribution in [0.25, 0.3) is 10.2 Å². The number of carbonyl (C=O) groups is 1. The minimum atomic E-state index is -0.523. The first-order chi connectivity index (χ1) is 16.2. The van der Waals surface area contributed by atoms with E-state index in [1.54, 1.807) is 4.90 Å². The highest BCUT2D eigenvalue weighted by Gasteiger charge is 2.33. The predicted molar refractivity (Wildman–Crippen MR) is 131 cm³/mol. The summed E-state index contributed by atoms with van der Waals surface area (Å²) in [5.41, 5.74) is 16.2. The molecule has 1 aliphatic heterocycles. The van der Waals surface area contributed by atoms with Crippen molar-refractivity contribution in [2.45, 2.75) is 45.2 Å². The lowest BCUT2D eigenvalue weighted by Crippen LogP contribution is -2.39. The summed E-state index contributed by atoms with van der Waals surface area (Å²) in [6, 6.07) is 2.97. The highest BCUT2D eigenvalue weighted by Crippen LogP contribution is 2.35. The van der Waals surface area contributed by atoms with Gasteiger partial charge in [0.1, 0.15) is 9.71 Å². The van der Waals surface area contributed by atoms with Gasteiger partial charge in [-0.05, 0) is 56.4 Å². The zero-order valence-corrected chi connectivity index (χ0v) is 20.0. The van der Waals surface area contributed by atoms with Gasteiger partial charge in [0, 0.05) is 47.9 Å². The molecule has 3 aromatic rings. The SMILES string of the molecule is Cc1cc(C)c2c(N)c(C(=O)NC3CCc4nc(N5CC(N)C(CF)C5)c(F)cc4C3)sc2n1. The second kappa shape index (κ2) is 8.74. The monoisotopic (exact) mass is 486 g/mol. The van der Waals surface area contributed by atoms with Crippen molar-refractivity contribution in [3.63, 3.8) is 0 Å². The van der Waals surface area contributed by atoms with Gasteiger partial charge in [0.05, 0.1) is 12.4 Å². The summed E-state index contributed by atoms with van der Waals surface area (Å²) in [5.74, 6) is -0.743. The second-order valence-corrected chi connectivity index (χ2v) is 10.4. The predicted octanol–water partition coefficient (Wildman–Crippen LogP) is 3.05. The number of pyridine rings is 2. The Morgan fingerprint density at radius 1 is 1.29 bits per heavy atom. The number of thiophene rings is 1.